The zero-order valence-electron chi connectivity index (χ0n) is 13.0. The van der Waals surface area contributed by atoms with Gasteiger partial charge in [0.25, 0.3) is 0 Å². The molecular formula is C17H25N3S. The highest BCUT2D eigenvalue weighted by Gasteiger charge is 2.28. The van der Waals surface area contributed by atoms with Crippen LogP contribution in [0.1, 0.15) is 25.5 Å². The van der Waals surface area contributed by atoms with Crippen molar-refractivity contribution in [2.45, 2.75) is 25.9 Å². The van der Waals surface area contributed by atoms with Gasteiger partial charge in [0.05, 0.1) is 0 Å². The predicted molar refractivity (Wildman–Crippen MR) is 91.9 cm³/mol. The van der Waals surface area contributed by atoms with E-state index in [0.29, 0.717) is 18.6 Å². The van der Waals surface area contributed by atoms with E-state index >= 15 is 0 Å². The Balaban J connectivity index is 1.85. The summed E-state index contributed by atoms with van der Waals surface area (Å²) < 4.78 is 1.37. The summed E-state index contributed by atoms with van der Waals surface area (Å²) in [4.78, 5) is 5.13. The Kier molecular flexibility index (Phi) is 4.60. The van der Waals surface area contributed by atoms with Gasteiger partial charge in [-0.15, -0.1) is 11.3 Å². The summed E-state index contributed by atoms with van der Waals surface area (Å²) >= 11 is 1.83. The van der Waals surface area contributed by atoms with Gasteiger partial charge in [-0.2, -0.15) is 0 Å². The molecule has 4 heteroatoms. The van der Waals surface area contributed by atoms with E-state index in [2.05, 4.69) is 53.3 Å². The van der Waals surface area contributed by atoms with Crippen LogP contribution in [0.2, 0.25) is 0 Å². The molecule has 2 N–H and O–H groups in total. The van der Waals surface area contributed by atoms with Crippen LogP contribution in [0, 0.1) is 0 Å². The van der Waals surface area contributed by atoms with Gasteiger partial charge < -0.3 is 5.73 Å². The van der Waals surface area contributed by atoms with Crippen LogP contribution in [0.5, 0.6) is 0 Å². The maximum absolute atomic E-state index is 6.15. The first kappa shape index (κ1) is 15.0. The molecule has 2 heterocycles. The maximum atomic E-state index is 6.15. The molecule has 1 aliphatic heterocycles. The lowest BCUT2D eigenvalue weighted by Crippen LogP contribution is -2.53. The number of hydrogen-bond donors (Lipinski definition) is 1. The van der Waals surface area contributed by atoms with E-state index < -0.39 is 0 Å². The minimum atomic E-state index is 0.350. The molecule has 0 spiro atoms. The number of nitrogens with zero attached hydrogens (tertiary/aromatic N) is 2. The van der Waals surface area contributed by atoms with Crippen molar-refractivity contribution in [3.63, 3.8) is 0 Å². The van der Waals surface area contributed by atoms with Gasteiger partial charge in [-0.25, -0.2) is 0 Å². The summed E-state index contributed by atoms with van der Waals surface area (Å²) in [6.45, 7) is 9.79. The minimum Gasteiger partial charge on any atom is -0.329 e. The summed E-state index contributed by atoms with van der Waals surface area (Å²) in [7, 11) is 0. The summed E-state index contributed by atoms with van der Waals surface area (Å²) in [5.74, 6) is 0. The average Bonchev–Trinajstić information content (AvgIpc) is 2.93. The zero-order valence-corrected chi connectivity index (χ0v) is 13.8. The fourth-order valence-corrected chi connectivity index (χ4v) is 4.51. The van der Waals surface area contributed by atoms with Crippen molar-refractivity contribution in [3.05, 3.63) is 35.2 Å². The van der Waals surface area contributed by atoms with Crippen LogP contribution in [0.4, 0.5) is 0 Å². The summed E-state index contributed by atoms with van der Waals surface area (Å²) in [6.07, 6.45) is 0. The first-order valence-electron chi connectivity index (χ1n) is 7.89. The standard InChI is InChI=1S/C17H25N3S/c1-3-19-8-9-20(11-13(19)2)16(10-18)15-12-21-17-7-5-4-6-14(15)17/h4-7,12-13,16H,3,8-11,18H2,1-2H3. The van der Waals surface area contributed by atoms with Crippen LogP contribution in [0.25, 0.3) is 10.1 Å². The van der Waals surface area contributed by atoms with Gasteiger partial charge in [-0.3, -0.25) is 9.80 Å². The summed E-state index contributed by atoms with van der Waals surface area (Å²) in [6, 6.07) is 9.64. The van der Waals surface area contributed by atoms with Crippen LogP contribution < -0.4 is 5.73 Å². The highest BCUT2D eigenvalue weighted by Crippen LogP contribution is 2.33. The SMILES string of the molecule is CCN1CCN(C(CN)c2csc3ccccc23)CC1C. The van der Waals surface area contributed by atoms with Crippen LogP contribution in [-0.4, -0.2) is 48.6 Å². The van der Waals surface area contributed by atoms with E-state index in [-0.39, 0.29) is 0 Å². The summed E-state index contributed by atoms with van der Waals surface area (Å²) in [5, 5.41) is 3.68. The first-order chi connectivity index (χ1) is 10.2. The van der Waals surface area contributed by atoms with Crippen molar-refractivity contribution >= 4 is 21.4 Å². The molecule has 2 unspecified atom stereocenters. The monoisotopic (exact) mass is 303 g/mol. The first-order valence-corrected chi connectivity index (χ1v) is 8.76. The highest BCUT2D eigenvalue weighted by molar-refractivity contribution is 7.17. The van der Waals surface area contributed by atoms with Gasteiger partial charge in [0.15, 0.2) is 0 Å². The Morgan fingerprint density at radius 2 is 2.14 bits per heavy atom. The summed E-state index contributed by atoms with van der Waals surface area (Å²) in [5.41, 5.74) is 7.56. The van der Waals surface area contributed by atoms with E-state index in [4.69, 9.17) is 5.73 Å². The van der Waals surface area contributed by atoms with Crippen molar-refractivity contribution in [3.8, 4) is 0 Å². The molecule has 21 heavy (non-hydrogen) atoms. The number of fused-ring (bicyclic) bond motifs is 1. The van der Waals surface area contributed by atoms with Crippen LogP contribution in [0.3, 0.4) is 0 Å². The average molecular weight is 303 g/mol. The van der Waals surface area contributed by atoms with Crippen LogP contribution in [0.15, 0.2) is 29.6 Å². The second-order valence-electron chi connectivity index (χ2n) is 5.91. The number of benzene rings is 1. The Bertz CT molecular complexity index is 594. The number of piperazine rings is 1. The molecule has 0 radical (unpaired) electrons. The van der Waals surface area contributed by atoms with Gasteiger partial charge in [0, 0.05) is 43.0 Å². The predicted octanol–water partition coefficient (Wildman–Crippen LogP) is 2.93. The second kappa shape index (κ2) is 6.44. The third kappa shape index (κ3) is 2.86. The number of thiophene rings is 1. The van der Waals surface area contributed by atoms with Gasteiger partial charge in [0.2, 0.25) is 0 Å². The van der Waals surface area contributed by atoms with Crippen molar-refractivity contribution in [1.29, 1.82) is 0 Å². The number of hydrogen-bond acceptors (Lipinski definition) is 4. The second-order valence-corrected chi connectivity index (χ2v) is 6.82. The Morgan fingerprint density at radius 3 is 2.86 bits per heavy atom. The molecule has 114 valence electrons. The molecule has 1 saturated heterocycles. The Hall–Kier alpha value is -0.940. The number of likely N-dealkylation sites (N-methyl/N-ethyl adjacent to an activating group) is 1. The third-order valence-corrected chi connectivity index (χ3v) is 5.72. The fraction of sp³-hybridized carbons (Fsp3) is 0.529. The van der Waals surface area contributed by atoms with Gasteiger partial charge >= 0.3 is 0 Å². The van der Waals surface area contributed by atoms with E-state index in [1.165, 1.54) is 15.6 Å². The molecule has 3 nitrogen and oxygen atoms in total. The number of rotatable bonds is 4. The lowest BCUT2D eigenvalue weighted by Gasteiger charge is -2.42. The molecule has 0 amide bonds. The molecular weight excluding hydrogens is 278 g/mol. The fourth-order valence-electron chi connectivity index (χ4n) is 3.51. The van der Waals surface area contributed by atoms with Gasteiger partial charge in [-0.1, -0.05) is 25.1 Å². The smallest absolute Gasteiger partial charge is 0.0486 e. The van der Waals surface area contributed by atoms with Crippen LogP contribution >= 0.6 is 11.3 Å². The van der Waals surface area contributed by atoms with Crippen molar-refractivity contribution < 1.29 is 0 Å². The minimum absolute atomic E-state index is 0.350. The van der Waals surface area contributed by atoms with Gasteiger partial charge in [0.1, 0.15) is 0 Å². The molecule has 1 aromatic carbocycles. The molecule has 1 fully saturated rings. The molecule has 0 bridgehead atoms. The molecule has 2 aromatic rings. The molecule has 0 aliphatic carbocycles. The Labute approximate surface area is 131 Å². The lowest BCUT2D eigenvalue weighted by molar-refractivity contribution is 0.0611. The van der Waals surface area contributed by atoms with E-state index in [1.807, 2.05) is 11.3 Å². The van der Waals surface area contributed by atoms with Gasteiger partial charge in [-0.05, 0) is 35.9 Å². The largest absolute Gasteiger partial charge is 0.329 e. The maximum Gasteiger partial charge on any atom is 0.0486 e. The van der Waals surface area contributed by atoms with E-state index in [1.54, 1.807) is 0 Å². The third-order valence-electron chi connectivity index (χ3n) is 4.74. The molecule has 1 aliphatic rings. The van der Waals surface area contributed by atoms with Crippen LogP contribution in [-0.2, 0) is 0 Å². The topological polar surface area (TPSA) is 32.5 Å². The quantitative estimate of drug-likeness (QED) is 0.942. The number of nitrogens with two attached hydrogens (primary N) is 1. The molecule has 2 atom stereocenters. The van der Waals surface area contributed by atoms with E-state index in [0.717, 1.165) is 26.2 Å². The molecule has 0 saturated carbocycles. The highest BCUT2D eigenvalue weighted by atomic mass is 32.1. The van der Waals surface area contributed by atoms with Crippen molar-refractivity contribution in [1.82, 2.24) is 9.80 Å². The van der Waals surface area contributed by atoms with E-state index in [9.17, 15) is 0 Å². The molecule has 3 rings (SSSR count). The van der Waals surface area contributed by atoms with Crippen molar-refractivity contribution in [2.75, 3.05) is 32.7 Å². The zero-order chi connectivity index (χ0) is 14.8. The molecule has 1 aromatic heterocycles. The normalized spacial score (nSPS) is 22.7. The Morgan fingerprint density at radius 1 is 1.33 bits per heavy atom. The lowest BCUT2D eigenvalue weighted by atomic mass is 10.0. The van der Waals surface area contributed by atoms with Crippen molar-refractivity contribution in [2.24, 2.45) is 5.73 Å².